The van der Waals surface area contributed by atoms with Gasteiger partial charge < -0.3 is 9.47 Å². The Balaban J connectivity index is 1.38. The van der Waals surface area contributed by atoms with Gasteiger partial charge in [0.2, 0.25) is 0 Å². The van der Waals surface area contributed by atoms with Gasteiger partial charge >= 0.3 is 0 Å². The molecule has 0 radical (unpaired) electrons. The minimum absolute atomic E-state index is 0.0354. The van der Waals surface area contributed by atoms with E-state index in [1.807, 2.05) is 62.4 Å². The first-order valence-electron chi connectivity index (χ1n) is 11.6. The second-order valence-corrected chi connectivity index (χ2v) is 10.1. The fourth-order valence-corrected chi connectivity index (χ4v) is 4.81. The predicted octanol–water partition coefficient (Wildman–Crippen LogP) is 7.20. The highest BCUT2D eigenvalue weighted by molar-refractivity contribution is 8.03. The zero-order chi connectivity index (χ0) is 26.4. The molecule has 0 saturated heterocycles. The molecule has 2 aliphatic rings. The number of thioether (sulfide) groups is 1. The van der Waals surface area contributed by atoms with Gasteiger partial charge in [0.25, 0.3) is 0 Å². The Morgan fingerprint density at radius 3 is 2.27 bits per heavy atom. The van der Waals surface area contributed by atoms with Gasteiger partial charge in [0.1, 0.15) is 41.1 Å². The first kappa shape index (κ1) is 25.4. The van der Waals surface area contributed by atoms with Gasteiger partial charge in [-0.3, -0.25) is 0 Å². The van der Waals surface area contributed by atoms with Gasteiger partial charge in [0.05, 0.1) is 22.8 Å². The van der Waals surface area contributed by atoms with E-state index in [-0.39, 0.29) is 11.5 Å². The maximum atomic E-state index is 9.36. The lowest BCUT2D eigenvalue weighted by atomic mass is 9.89. The van der Waals surface area contributed by atoms with Crippen LogP contribution in [0.1, 0.15) is 37.8 Å². The van der Waals surface area contributed by atoms with Crippen molar-refractivity contribution in [1.82, 2.24) is 0 Å². The first-order chi connectivity index (χ1) is 17.9. The zero-order valence-electron chi connectivity index (χ0n) is 20.4. The van der Waals surface area contributed by atoms with Crippen molar-refractivity contribution in [2.24, 2.45) is 5.92 Å². The van der Waals surface area contributed by atoms with E-state index in [2.05, 4.69) is 18.2 Å². The fourth-order valence-electron chi connectivity index (χ4n) is 3.97. The lowest BCUT2D eigenvalue weighted by Crippen LogP contribution is -2.29. The Hall–Kier alpha value is -4.69. The SMILES string of the molecule is CC1CC(C#N)=C(C#N)C=C1OC1(C)C=CC(Sc2ccc(Oc3ccc(C#N)c(C#N)c3)cc2)=CC1. The van der Waals surface area contributed by atoms with E-state index < -0.39 is 5.60 Å². The Morgan fingerprint density at radius 2 is 1.65 bits per heavy atom. The second-order valence-electron chi connectivity index (χ2n) is 8.93. The zero-order valence-corrected chi connectivity index (χ0v) is 21.2. The summed E-state index contributed by atoms with van der Waals surface area (Å²) in [5, 5.41) is 36.9. The number of nitrogens with zero attached hydrogens (tertiary/aromatic N) is 4. The van der Waals surface area contributed by atoms with E-state index in [1.54, 1.807) is 36.0 Å². The van der Waals surface area contributed by atoms with Crippen molar-refractivity contribution in [1.29, 1.82) is 21.0 Å². The third kappa shape index (κ3) is 5.94. The summed E-state index contributed by atoms with van der Waals surface area (Å²) < 4.78 is 12.2. The molecule has 37 heavy (non-hydrogen) atoms. The van der Waals surface area contributed by atoms with E-state index in [0.717, 1.165) is 15.6 Å². The van der Waals surface area contributed by atoms with Crippen LogP contribution in [0.25, 0.3) is 0 Å². The number of allylic oxidation sites excluding steroid dienone is 5. The summed E-state index contributed by atoms with van der Waals surface area (Å²) >= 11 is 1.63. The fraction of sp³-hybridized carbons (Fsp3) is 0.200. The maximum Gasteiger partial charge on any atom is 0.128 e. The summed E-state index contributed by atoms with van der Waals surface area (Å²) in [7, 11) is 0. The summed E-state index contributed by atoms with van der Waals surface area (Å²) in [6.45, 7) is 4.01. The molecule has 180 valence electrons. The molecule has 0 aromatic heterocycles. The molecule has 2 aliphatic carbocycles. The van der Waals surface area contributed by atoms with Crippen molar-refractivity contribution in [2.75, 3.05) is 0 Å². The Bertz CT molecular complexity index is 1520. The minimum Gasteiger partial charge on any atom is -0.487 e. The van der Waals surface area contributed by atoms with E-state index in [4.69, 9.17) is 14.7 Å². The smallest absolute Gasteiger partial charge is 0.128 e. The first-order valence-corrected chi connectivity index (χ1v) is 12.4. The number of hydrogen-bond donors (Lipinski definition) is 0. The van der Waals surface area contributed by atoms with Gasteiger partial charge in [-0.1, -0.05) is 24.8 Å². The van der Waals surface area contributed by atoms with Crippen LogP contribution in [-0.4, -0.2) is 5.60 Å². The predicted molar refractivity (Wildman–Crippen MR) is 140 cm³/mol. The summed E-state index contributed by atoms with van der Waals surface area (Å²) in [5.41, 5.74) is 0.949. The molecular formula is C30H22N4O2S. The van der Waals surface area contributed by atoms with Crippen molar-refractivity contribution in [2.45, 2.75) is 37.2 Å². The molecule has 0 bridgehead atoms. The molecule has 0 N–H and O–H groups in total. The van der Waals surface area contributed by atoms with E-state index in [9.17, 15) is 15.8 Å². The summed E-state index contributed by atoms with van der Waals surface area (Å²) in [6, 6.07) is 20.7. The van der Waals surface area contributed by atoms with Gasteiger partial charge in [-0.15, -0.1) is 0 Å². The third-order valence-electron chi connectivity index (χ3n) is 6.05. The van der Waals surface area contributed by atoms with E-state index in [1.165, 1.54) is 0 Å². The van der Waals surface area contributed by atoms with Crippen LogP contribution >= 0.6 is 11.8 Å². The van der Waals surface area contributed by atoms with Gasteiger partial charge in [0, 0.05) is 27.7 Å². The van der Waals surface area contributed by atoms with Crippen LogP contribution in [0.3, 0.4) is 0 Å². The molecule has 2 unspecified atom stereocenters. The molecule has 0 fully saturated rings. The van der Waals surface area contributed by atoms with Gasteiger partial charge in [-0.25, -0.2) is 0 Å². The van der Waals surface area contributed by atoms with Crippen LogP contribution in [0.2, 0.25) is 0 Å². The van der Waals surface area contributed by atoms with Crippen molar-refractivity contribution < 1.29 is 9.47 Å². The van der Waals surface area contributed by atoms with Crippen LogP contribution in [0.15, 0.2) is 93.5 Å². The molecule has 0 aliphatic heterocycles. The van der Waals surface area contributed by atoms with Crippen molar-refractivity contribution in [3.05, 3.63) is 99.7 Å². The number of hydrogen-bond acceptors (Lipinski definition) is 7. The van der Waals surface area contributed by atoms with Crippen LogP contribution in [0, 0.1) is 51.2 Å². The van der Waals surface area contributed by atoms with E-state index >= 15 is 0 Å². The van der Waals surface area contributed by atoms with Crippen molar-refractivity contribution >= 4 is 11.8 Å². The lowest BCUT2D eigenvalue weighted by Gasteiger charge is -2.33. The Kier molecular flexibility index (Phi) is 7.50. The van der Waals surface area contributed by atoms with Crippen LogP contribution in [0.5, 0.6) is 11.5 Å². The minimum atomic E-state index is -0.532. The average Bonchev–Trinajstić information content (AvgIpc) is 2.92. The second kappa shape index (κ2) is 10.9. The van der Waals surface area contributed by atoms with Crippen molar-refractivity contribution in [3.8, 4) is 35.8 Å². The summed E-state index contributed by atoms with van der Waals surface area (Å²) in [6.07, 6.45) is 9.08. The molecule has 2 aromatic carbocycles. The highest BCUT2D eigenvalue weighted by Gasteiger charge is 2.30. The van der Waals surface area contributed by atoms with Crippen LogP contribution in [-0.2, 0) is 4.74 Å². The third-order valence-corrected chi connectivity index (χ3v) is 7.10. The number of benzene rings is 2. The quantitative estimate of drug-likeness (QED) is 0.410. The molecule has 0 spiro atoms. The van der Waals surface area contributed by atoms with Crippen LogP contribution < -0.4 is 4.74 Å². The largest absolute Gasteiger partial charge is 0.487 e. The lowest BCUT2D eigenvalue weighted by molar-refractivity contribution is 0.0451. The molecule has 7 heteroatoms. The molecule has 0 saturated carbocycles. The number of nitriles is 4. The maximum absolute atomic E-state index is 9.36. The Labute approximate surface area is 220 Å². The Morgan fingerprint density at radius 1 is 0.919 bits per heavy atom. The standard InChI is InChI=1S/C30H22N4O2S/c1-20-13-22(17-32)24(19-34)15-29(20)36-30(2)11-9-28(10-12-30)37-27-7-5-25(6-8-27)35-26-4-3-21(16-31)23(14-26)18-33/h3-11,14-15,20H,12-13H2,1-2H3. The molecule has 6 nitrogen and oxygen atoms in total. The number of rotatable bonds is 6. The number of ether oxygens (including phenoxy) is 2. The highest BCUT2D eigenvalue weighted by atomic mass is 32.2. The summed E-state index contributed by atoms with van der Waals surface area (Å²) in [5.74, 6) is 1.89. The molecule has 0 amide bonds. The normalized spacial score (nSPS) is 20.4. The monoisotopic (exact) mass is 502 g/mol. The summed E-state index contributed by atoms with van der Waals surface area (Å²) in [4.78, 5) is 2.14. The molecule has 4 rings (SSSR count). The highest BCUT2D eigenvalue weighted by Crippen LogP contribution is 2.38. The van der Waals surface area contributed by atoms with Gasteiger partial charge in [-0.2, -0.15) is 21.0 Å². The molecular weight excluding hydrogens is 480 g/mol. The molecule has 0 heterocycles. The van der Waals surface area contributed by atoms with Crippen LogP contribution in [0.4, 0.5) is 0 Å². The molecule has 2 aromatic rings. The topological polar surface area (TPSA) is 114 Å². The van der Waals surface area contributed by atoms with E-state index in [0.29, 0.717) is 41.1 Å². The van der Waals surface area contributed by atoms with Gasteiger partial charge in [0.15, 0.2) is 0 Å². The van der Waals surface area contributed by atoms with Gasteiger partial charge in [-0.05, 0) is 74.0 Å². The molecule has 2 atom stereocenters. The van der Waals surface area contributed by atoms with Crippen molar-refractivity contribution in [3.63, 3.8) is 0 Å². The average molecular weight is 503 g/mol.